The Kier molecular flexibility index (Phi) is 16.3. The number of aromatic nitrogens is 4. The Morgan fingerprint density at radius 2 is 0.875 bits per heavy atom. The molecule has 56 heavy (non-hydrogen) atoms. The summed E-state index contributed by atoms with van der Waals surface area (Å²) in [6.07, 6.45) is -6.92. The lowest BCUT2D eigenvalue weighted by Gasteiger charge is -2.24. The van der Waals surface area contributed by atoms with Crippen LogP contribution in [0.25, 0.3) is 22.1 Å². The van der Waals surface area contributed by atoms with Crippen molar-refractivity contribution in [3.05, 3.63) is 99.6 Å². The van der Waals surface area contributed by atoms with Gasteiger partial charge in [-0.15, -0.1) is 0 Å². The SMILES string of the molecule is CC(C)=CCn1c(=O)c(=O)n(C[C@H](O)[C@H](O)[C@H](O)CO)c2cc(C)c(C)cc21.Cc1cc2c(cc1C)n(C[C@H](O)[C@H](O)[C@H](O)CO)c(=O)c(=O)n2CCC(C)C. The van der Waals surface area contributed by atoms with E-state index in [1.54, 1.807) is 12.1 Å². The highest BCUT2D eigenvalue weighted by Gasteiger charge is 2.28. The van der Waals surface area contributed by atoms with E-state index in [2.05, 4.69) is 0 Å². The van der Waals surface area contributed by atoms with E-state index < -0.39 is 78.6 Å². The first-order chi connectivity index (χ1) is 26.2. The number of benzene rings is 2. The number of nitrogens with zero attached hydrogens (tertiary/aromatic N) is 4. The van der Waals surface area contributed by atoms with Crippen LogP contribution in [0.2, 0.25) is 0 Å². The van der Waals surface area contributed by atoms with E-state index in [1.165, 1.54) is 9.13 Å². The zero-order chi connectivity index (χ0) is 42.3. The number of allylic oxidation sites excluding steroid dienone is 2. The van der Waals surface area contributed by atoms with Gasteiger partial charge in [0.1, 0.15) is 36.6 Å². The zero-order valence-corrected chi connectivity index (χ0v) is 33.4. The lowest BCUT2D eigenvalue weighted by Crippen LogP contribution is -2.47. The van der Waals surface area contributed by atoms with Gasteiger partial charge in [0.15, 0.2) is 0 Å². The van der Waals surface area contributed by atoms with Crippen molar-refractivity contribution in [1.29, 1.82) is 0 Å². The lowest BCUT2D eigenvalue weighted by molar-refractivity contribution is -0.0805. The first kappa shape index (κ1) is 46.1. The number of rotatable bonds is 15. The molecule has 0 spiro atoms. The fraction of sp³-hybridized carbons (Fsp3) is 0.550. The molecule has 16 heteroatoms. The first-order valence-electron chi connectivity index (χ1n) is 18.6. The lowest BCUT2D eigenvalue weighted by atomic mass is 10.1. The number of aliphatic hydroxyl groups is 8. The van der Waals surface area contributed by atoms with E-state index in [-0.39, 0.29) is 13.1 Å². The summed E-state index contributed by atoms with van der Waals surface area (Å²) >= 11 is 0. The molecule has 2 aromatic carbocycles. The van der Waals surface area contributed by atoms with Gasteiger partial charge in [-0.1, -0.05) is 25.5 Å². The highest BCUT2D eigenvalue weighted by Crippen LogP contribution is 2.21. The maximum absolute atomic E-state index is 12.8. The van der Waals surface area contributed by atoms with E-state index in [0.717, 1.165) is 43.4 Å². The van der Waals surface area contributed by atoms with Crippen LogP contribution < -0.4 is 22.2 Å². The summed E-state index contributed by atoms with van der Waals surface area (Å²) in [7, 11) is 0. The van der Waals surface area contributed by atoms with Crippen LogP contribution in [-0.4, -0.2) is 109 Å². The Balaban J connectivity index is 0.000000300. The minimum Gasteiger partial charge on any atom is -0.394 e. The molecule has 16 nitrogen and oxygen atoms in total. The molecule has 2 heterocycles. The third kappa shape index (κ3) is 10.6. The largest absolute Gasteiger partial charge is 0.394 e. The van der Waals surface area contributed by atoms with Crippen molar-refractivity contribution in [2.45, 2.75) is 125 Å². The molecule has 0 fully saturated rings. The monoisotopic (exact) mass is 786 g/mol. The van der Waals surface area contributed by atoms with Gasteiger partial charge >= 0.3 is 22.2 Å². The Morgan fingerprint density at radius 3 is 1.21 bits per heavy atom. The predicted octanol–water partition coefficient (Wildman–Crippen LogP) is -0.278. The van der Waals surface area contributed by atoms with E-state index in [4.69, 9.17) is 10.2 Å². The average molecular weight is 787 g/mol. The van der Waals surface area contributed by atoms with Gasteiger partial charge in [-0.2, -0.15) is 0 Å². The maximum atomic E-state index is 12.8. The fourth-order valence-electron chi connectivity index (χ4n) is 6.08. The average Bonchev–Trinajstić information content (AvgIpc) is 3.15. The van der Waals surface area contributed by atoms with Gasteiger partial charge in [0.25, 0.3) is 0 Å². The Hall–Kier alpha value is -4.26. The summed E-state index contributed by atoms with van der Waals surface area (Å²) in [5.74, 6) is 0.355. The van der Waals surface area contributed by atoms with Gasteiger partial charge in [0.05, 0.1) is 48.4 Å². The van der Waals surface area contributed by atoms with E-state index >= 15 is 0 Å². The van der Waals surface area contributed by atoms with Crippen LogP contribution in [0.15, 0.2) is 55.1 Å². The summed E-state index contributed by atoms with van der Waals surface area (Å²) in [5.41, 5.74) is 3.70. The van der Waals surface area contributed by atoms with Gasteiger partial charge in [-0.05, 0) is 100 Å². The molecule has 8 N–H and O–H groups in total. The summed E-state index contributed by atoms with van der Waals surface area (Å²) in [5, 5.41) is 77.3. The molecule has 0 aliphatic carbocycles. The molecule has 0 amide bonds. The van der Waals surface area contributed by atoms with Crippen molar-refractivity contribution >= 4 is 22.1 Å². The van der Waals surface area contributed by atoms with Crippen LogP contribution >= 0.6 is 0 Å². The topological polar surface area (TPSA) is 250 Å². The second kappa shape index (κ2) is 19.7. The molecule has 310 valence electrons. The first-order valence-corrected chi connectivity index (χ1v) is 18.6. The van der Waals surface area contributed by atoms with E-state index in [0.29, 0.717) is 34.5 Å². The van der Waals surface area contributed by atoms with Crippen molar-refractivity contribution in [2.24, 2.45) is 5.92 Å². The molecule has 4 rings (SSSR count). The van der Waals surface area contributed by atoms with Crippen LogP contribution in [0, 0.1) is 33.6 Å². The highest BCUT2D eigenvalue weighted by atomic mass is 16.4. The predicted molar refractivity (Wildman–Crippen MR) is 213 cm³/mol. The van der Waals surface area contributed by atoms with Gasteiger partial charge in [-0.3, -0.25) is 32.9 Å². The summed E-state index contributed by atoms with van der Waals surface area (Å²) < 4.78 is 5.10. The second-order valence-electron chi connectivity index (χ2n) is 15.1. The van der Waals surface area contributed by atoms with Crippen LogP contribution in [-0.2, 0) is 26.2 Å². The van der Waals surface area contributed by atoms with Gasteiger partial charge in [0, 0.05) is 13.1 Å². The number of hydrogen-bond donors (Lipinski definition) is 8. The number of aryl methyl sites for hydroxylation is 5. The summed E-state index contributed by atoms with van der Waals surface area (Å²) in [6, 6.07) is 7.19. The van der Waals surface area contributed by atoms with Gasteiger partial charge < -0.3 is 45.4 Å². The van der Waals surface area contributed by atoms with Crippen molar-refractivity contribution in [1.82, 2.24) is 18.3 Å². The quantitative estimate of drug-likeness (QED) is 0.0573. The van der Waals surface area contributed by atoms with Crippen molar-refractivity contribution in [3.8, 4) is 0 Å². The summed E-state index contributed by atoms with van der Waals surface area (Å²) in [4.78, 5) is 51.0. The van der Waals surface area contributed by atoms with Gasteiger partial charge in [-0.25, -0.2) is 0 Å². The molecule has 0 saturated heterocycles. The van der Waals surface area contributed by atoms with Gasteiger partial charge in [0.2, 0.25) is 0 Å². The standard InChI is InChI=1S/C20H30N2O6.C20H28N2O6/c2*1-11(2)5-6-21-14-7-12(3)13(4)8-15(14)22(20(28)19(21)27)9-16(24)18(26)17(25)10-23/h7-8,11,16-18,23-26H,5-6,9-10H2,1-4H3;5,7-8,16-18,23-26H,6,9-10H2,1-4H3/t2*16-,17+,18-/m00/s1. The molecule has 2 aromatic heterocycles. The normalized spacial score (nSPS) is 14.9. The number of hydrogen-bond acceptors (Lipinski definition) is 12. The smallest absolute Gasteiger partial charge is 0.317 e. The number of aliphatic hydroxyl groups excluding tert-OH is 8. The zero-order valence-electron chi connectivity index (χ0n) is 33.4. The van der Waals surface area contributed by atoms with Crippen molar-refractivity contribution < 1.29 is 40.9 Å². The third-order valence-electron chi connectivity index (χ3n) is 9.99. The van der Waals surface area contributed by atoms with Crippen LogP contribution in [0.4, 0.5) is 0 Å². The second-order valence-corrected chi connectivity index (χ2v) is 15.1. The Bertz CT molecular complexity index is 2270. The Morgan fingerprint density at radius 1 is 0.554 bits per heavy atom. The fourth-order valence-corrected chi connectivity index (χ4v) is 6.08. The summed E-state index contributed by atoms with van der Waals surface area (Å²) in [6.45, 7) is 13.8. The molecule has 0 radical (unpaired) electrons. The molecule has 0 aliphatic rings. The molecule has 4 aromatic rings. The molecule has 0 unspecified atom stereocenters. The Labute approximate surface area is 324 Å². The minimum absolute atomic E-state index is 0.241. The molecule has 0 bridgehead atoms. The van der Waals surface area contributed by atoms with E-state index in [1.807, 2.05) is 73.6 Å². The van der Waals surface area contributed by atoms with Crippen molar-refractivity contribution in [2.75, 3.05) is 13.2 Å². The molecular formula is C40H58N4O12. The van der Waals surface area contributed by atoms with Crippen LogP contribution in [0.5, 0.6) is 0 Å². The molecule has 6 atom stereocenters. The highest BCUT2D eigenvalue weighted by molar-refractivity contribution is 5.78. The van der Waals surface area contributed by atoms with Crippen LogP contribution in [0.3, 0.4) is 0 Å². The maximum Gasteiger partial charge on any atom is 0.317 e. The third-order valence-corrected chi connectivity index (χ3v) is 9.99. The number of fused-ring (bicyclic) bond motifs is 2. The molecule has 0 saturated carbocycles. The van der Waals surface area contributed by atoms with Crippen LogP contribution in [0.1, 0.15) is 56.4 Å². The van der Waals surface area contributed by atoms with E-state index in [9.17, 15) is 49.8 Å². The van der Waals surface area contributed by atoms with Crippen molar-refractivity contribution in [3.63, 3.8) is 0 Å². The molecule has 0 aliphatic heterocycles. The minimum atomic E-state index is -1.66. The molecular weight excluding hydrogens is 728 g/mol.